The average molecular weight is 244 g/mol. The fourth-order valence-electron chi connectivity index (χ4n) is 2.05. The highest BCUT2D eigenvalue weighted by Gasteiger charge is 2.16. The van der Waals surface area contributed by atoms with E-state index in [0.29, 0.717) is 0 Å². The van der Waals surface area contributed by atoms with Crippen LogP contribution in [0.3, 0.4) is 0 Å². The summed E-state index contributed by atoms with van der Waals surface area (Å²) in [6, 6.07) is 9.87. The molecule has 1 aromatic heterocycles. The molecule has 0 atom stereocenters. The number of rotatable bonds is 3. The fraction of sp³-hybridized carbons (Fsp3) is 0.267. The molecule has 0 aliphatic heterocycles. The van der Waals surface area contributed by atoms with Crippen LogP contribution in [0.2, 0.25) is 0 Å². The van der Waals surface area contributed by atoms with Gasteiger partial charge in [0.05, 0.1) is 0 Å². The Labute approximate surface area is 106 Å². The Bertz CT molecular complexity index is 552. The lowest BCUT2D eigenvalue weighted by atomic mass is 9.97. The van der Waals surface area contributed by atoms with E-state index in [1.165, 1.54) is 4.88 Å². The lowest BCUT2D eigenvalue weighted by molar-refractivity contribution is 0.103. The zero-order valence-electron chi connectivity index (χ0n) is 10.4. The summed E-state index contributed by atoms with van der Waals surface area (Å²) in [5, 5.41) is 0. The Morgan fingerprint density at radius 2 is 1.88 bits per heavy atom. The highest BCUT2D eigenvalue weighted by atomic mass is 32.1. The first-order chi connectivity index (χ1) is 8.13. The van der Waals surface area contributed by atoms with Gasteiger partial charge in [0.25, 0.3) is 0 Å². The Kier molecular flexibility index (Phi) is 3.43. The van der Waals surface area contributed by atoms with E-state index >= 15 is 0 Å². The molecule has 0 radical (unpaired) electrons. The van der Waals surface area contributed by atoms with Crippen LogP contribution in [0.4, 0.5) is 0 Å². The maximum atomic E-state index is 12.5. The van der Waals surface area contributed by atoms with Crippen LogP contribution in [0.5, 0.6) is 0 Å². The van der Waals surface area contributed by atoms with Gasteiger partial charge < -0.3 is 0 Å². The first-order valence-corrected chi connectivity index (χ1v) is 6.64. The van der Waals surface area contributed by atoms with E-state index in [0.717, 1.165) is 28.0 Å². The highest BCUT2D eigenvalue weighted by Crippen LogP contribution is 2.24. The molecular weight excluding hydrogens is 228 g/mol. The summed E-state index contributed by atoms with van der Waals surface area (Å²) in [5.74, 6) is 0.157. The van der Waals surface area contributed by atoms with Crippen molar-refractivity contribution >= 4 is 17.1 Å². The standard InChI is InChI=1S/C15H16OS/c1-4-12-7-5-6-8-13(12)15(16)14-9-10(2)17-11(14)3/h5-9H,4H2,1-3H3. The lowest BCUT2D eigenvalue weighted by Gasteiger charge is -2.06. The monoisotopic (exact) mass is 244 g/mol. The van der Waals surface area contributed by atoms with Gasteiger partial charge >= 0.3 is 0 Å². The van der Waals surface area contributed by atoms with Gasteiger partial charge in [0.1, 0.15) is 0 Å². The molecule has 17 heavy (non-hydrogen) atoms. The summed E-state index contributed by atoms with van der Waals surface area (Å²) in [6.07, 6.45) is 0.893. The van der Waals surface area contributed by atoms with Crippen LogP contribution in [-0.2, 0) is 6.42 Å². The van der Waals surface area contributed by atoms with E-state index in [-0.39, 0.29) is 5.78 Å². The minimum Gasteiger partial charge on any atom is -0.289 e. The van der Waals surface area contributed by atoms with Crippen LogP contribution in [0.15, 0.2) is 30.3 Å². The summed E-state index contributed by atoms with van der Waals surface area (Å²) >= 11 is 1.68. The van der Waals surface area contributed by atoms with Crippen molar-refractivity contribution in [1.29, 1.82) is 0 Å². The molecule has 0 spiro atoms. The summed E-state index contributed by atoms with van der Waals surface area (Å²) in [6.45, 7) is 6.14. The van der Waals surface area contributed by atoms with E-state index in [1.54, 1.807) is 11.3 Å². The summed E-state index contributed by atoms with van der Waals surface area (Å²) < 4.78 is 0. The molecule has 0 N–H and O–H groups in total. The SMILES string of the molecule is CCc1ccccc1C(=O)c1cc(C)sc1C. The van der Waals surface area contributed by atoms with Crippen molar-refractivity contribution in [3.8, 4) is 0 Å². The predicted octanol–water partition coefficient (Wildman–Crippen LogP) is 4.16. The topological polar surface area (TPSA) is 17.1 Å². The number of ketones is 1. The number of hydrogen-bond donors (Lipinski definition) is 0. The van der Waals surface area contributed by atoms with Gasteiger partial charge in [-0.15, -0.1) is 11.3 Å². The molecule has 0 unspecified atom stereocenters. The molecule has 88 valence electrons. The molecular formula is C15H16OS. The molecule has 0 fully saturated rings. The van der Waals surface area contributed by atoms with E-state index < -0.39 is 0 Å². The van der Waals surface area contributed by atoms with Crippen molar-refractivity contribution in [2.75, 3.05) is 0 Å². The van der Waals surface area contributed by atoms with E-state index in [2.05, 4.69) is 6.92 Å². The Morgan fingerprint density at radius 3 is 2.47 bits per heavy atom. The van der Waals surface area contributed by atoms with Crippen LogP contribution in [0, 0.1) is 13.8 Å². The smallest absolute Gasteiger partial charge is 0.194 e. The maximum Gasteiger partial charge on any atom is 0.194 e. The first-order valence-electron chi connectivity index (χ1n) is 5.83. The maximum absolute atomic E-state index is 12.5. The number of thiophene rings is 1. The molecule has 0 amide bonds. The van der Waals surface area contributed by atoms with Crippen molar-refractivity contribution in [2.24, 2.45) is 0 Å². The molecule has 0 saturated carbocycles. The van der Waals surface area contributed by atoms with Crippen molar-refractivity contribution < 1.29 is 4.79 Å². The first kappa shape index (κ1) is 12.1. The van der Waals surface area contributed by atoms with Gasteiger partial charge in [-0.1, -0.05) is 31.2 Å². The molecule has 1 aromatic carbocycles. The van der Waals surface area contributed by atoms with Gasteiger partial charge in [0, 0.05) is 20.9 Å². The van der Waals surface area contributed by atoms with Crippen LogP contribution in [0.1, 0.15) is 38.2 Å². The minimum atomic E-state index is 0.157. The Morgan fingerprint density at radius 1 is 1.18 bits per heavy atom. The second-order valence-electron chi connectivity index (χ2n) is 4.17. The fourth-order valence-corrected chi connectivity index (χ4v) is 2.97. The quantitative estimate of drug-likeness (QED) is 0.741. The number of benzene rings is 1. The van der Waals surface area contributed by atoms with Crippen molar-refractivity contribution in [1.82, 2.24) is 0 Å². The Balaban J connectivity index is 2.47. The number of aryl methyl sites for hydroxylation is 3. The van der Waals surface area contributed by atoms with Crippen LogP contribution in [0.25, 0.3) is 0 Å². The van der Waals surface area contributed by atoms with Gasteiger partial charge in [-0.25, -0.2) is 0 Å². The Hall–Kier alpha value is -1.41. The van der Waals surface area contributed by atoms with Crippen molar-refractivity contribution in [2.45, 2.75) is 27.2 Å². The van der Waals surface area contributed by atoms with Crippen LogP contribution in [-0.4, -0.2) is 5.78 Å². The third-order valence-electron chi connectivity index (χ3n) is 2.93. The zero-order chi connectivity index (χ0) is 12.4. The van der Waals surface area contributed by atoms with Gasteiger partial charge in [-0.2, -0.15) is 0 Å². The number of hydrogen-bond acceptors (Lipinski definition) is 2. The van der Waals surface area contributed by atoms with Gasteiger partial charge in [-0.05, 0) is 31.9 Å². The predicted molar refractivity (Wildman–Crippen MR) is 73.0 cm³/mol. The molecule has 1 nitrogen and oxygen atoms in total. The third kappa shape index (κ3) is 2.32. The number of carbonyl (C=O) groups is 1. The normalized spacial score (nSPS) is 10.5. The summed E-state index contributed by atoms with van der Waals surface area (Å²) in [7, 11) is 0. The van der Waals surface area contributed by atoms with E-state index in [9.17, 15) is 4.79 Å². The molecule has 2 aromatic rings. The zero-order valence-corrected chi connectivity index (χ0v) is 11.2. The van der Waals surface area contributed by atoms with Crippen molar-refractivity contribution in [3.05, 3.63) is 56.8 Å². The molecule has 0 aliphatic rings. The minimum absolute atomic E-state index is 0.157. The lowest BCUT2D eigenvalue weighted by Crippen LogP contribution is -2.05. The molecule has 1 heterocycles. The van der Waals surface area contributed by atoms with Crippen LogP contribution < -0.4 is 0 Å². The molecule has 2 rings (SSSR count). The molecule has 2 heteroatoms. The van der Waals surface area contributed by atoms with Gasteiger partial charge in [0.15, 0.2) is 5.78 Å². The van der Waals surface area contributed by atoms with Gasteiger partial charge in [-0.3, -0.25) is 4.79 Å². The second-order valence-corrected chi connectivity index (χ2v) is 5.63. The van der Waals surface area contributed by atoms with Crippen molar-refractivity contribution in [3.63, 3.8) is 0 Å². The number of carbonyl (C=O) groups excluding carboxylic acids is 1. The second kappa shape index (κ2) is 4.84. The largest absolute Gasteiger partial charge is 0.289 e. The molecule has 0 aliphatic carbocycles. The summed E-state index contributed by atoms with van der Waals surface area (Å²) in [4.78, 5) is 14.8. The third-order valence-corrected chi connectivity index (χ3v) is 3.89. The molecule has 0 saturated heterocycles. The van der Waals surface area contributed by atoms with E-state index in [1.807, 2.05) is 44.2 Å². The molecule has 0 bridgehead atoms. The van der Waals surface area contributed by atoms with Gasteiger partial charge in [0.2, 0.25) is 0 Å². The average Bonchev–Trinajstić information content (AvgIpc) is 2.67. The van der Waals surface area contributed by atoms with E-state index in [4.69, 9.17) is 0 Å². The van der Waals surface area contributed by atoms with Crippen LogP contribution >= 0.6 is 11.3 Å². The highest BCUT2D eigenvalue weighted by molar-refractivity contribution is 7.12. The summed E-state index contributed by atoms with van der Waals surface area (Å²) in [5.41, 5.74) is 2.82.